The number of aromatic nitrogens is 1. The standard InChI is InChI=1S/C16H22N4S/c1-12-15(21-13(2)19-12)11-18-16(20(3)4)17-10-14-8-6-5-7-9-14/h5-9H,10-11H2,1-4H3,(H,17,18). The van der Waals surface area contributed by atoms with E-state index < -0.39 is 0 Å². The number of aryl methyl sites for hydroxylation is 2. The molecule has 0 aliphatic rings. The molecule has 0 unspecified atom stereocenters. The lowest BCUT2D eigenvalue weighted by Crippen LogP contribution is -2.36. The molecule has 0 amide bonds. The zero-order valence-electron chi connectivity index (χ0n) is 13.1. The maximum absolute atomic E-state index is 4.66. The van der Waals surface area contributed by atoms with Gasteiger partial charge < -0.3 is 10.2 Å². The molecular weight excluding hydrogens is 280 g/mol. The fourth-order valence-corrected chi connectivity index (χ4v) is 2.88. The summed E-state index contributed by atoms with van der Waals surface area (Å²) in [6.07, 6.45) is 0. The maximum Gasteiger partial charge on any atom is 0.194 e. The minimum Gasteiger partial charge on any atom is -0.351 e. The van der Waals surface area contributed by atoms with Gasteiger partial charge in [0, 0.05) is 19.0 Å². The van der Waals surface area contributed by atoms with Gasteiger partial charge in [0.05, 0.1) is 23.8 Å². The average molecular weight is 302 g/mol. The summed E-state index contributed by atoms with van der Waals surface area (Å²) in [5.74, 6) is 0.893. The third kappa shape index (κ3) is 4.56. The van der Waals surface area contributed by atoms with Crippen molar-refractivity contribution in [2.75, 3.05) is 14.1 Å². The van der Waals surface area contributed by atoms with E-state index in [-0.39, 0.29) is 0 Å². The number of benzene rings is 1. The number of nitrogens with one attached hydrogen (secondary N) is 1. The normalized spacial score (nSPS) is 11.5. The molecule has 2 rings (SSSR count). The van der Waals surface area contributed by atoms with Crippen LogP contribution < -0.4 is 5.32 Å². The summed E-state index contributed by atoms with van der Waals surface area (Å²) >= 11 is 1.74. The molecule has 2 aromatic rings. The first-order valence-corrected chi connectivity index (χ1v) is 7.80. The van der Waals surface area contributed by atoms with Crippen LogP contribution in [0.3, 0.4) is 0 Å². The van der Waals surface area contributed by atoms with Crippen molar-refractivity contribution in [2.24, 2.45) is 4.99 Å². The summed E-state index contributed by atoms with van der Waals surface area (Å²) in [5.41, 5.74) is 2.31. The van der Waals surface area contributed by atoms with Crippen LogP contribution in [0.4, 0.5) is 0 Å². The van der Waals surface area contributed by atoms with Gasteiger partial charge in [-0.3, -0.25) is 0 Å². The number of nitrogens with zero attached hydrogens (tertiary/aromatic N) is 3. The summed E-state index contributed by atoms with van der Waals surface area (Å²) in [6, 6.07) is 10.3. The number of thiazole rings is 1. The molecule has 0 saturated carbocycles. The second kappa shape index (κ2) is 7.22. The molecule has 21 heavy (non-hydrogen) atoms. The summed E-state index contributed by atoms with van der Waals surface area (Å²) in [7, 11) is 4.00. The predicted molar refractivity (Wildman–Crippen MR) is 89.7 cm³/mol. The molecule has 0 radical (unpaired) electrons. The van der Waals surface area contributed by atoms with Crippen molar-refractivity contribution >= 4 is 17.3 Å². The van der Waals surface area contributed by atoms with Crippen molar-refractivity contribution in [3.05, 3.63) is 51.5 Å². The summed E-state index contributed by atoms with van der Waals surface area (Å²) in [5, 5.41) is 4.51. The van der Waals surface area contributed by atoms with E-state index >= 15 is 0 Å². The van der Waals surface area contributed by atoms with Gasteiger partial charge in [-0.05, 0) is 19.4 Å². The zero-order chi connectivity index (χ0) is 15.2. The highest BCUT2D eigenvalue weighted by molar-refractivity contribution is 7.11. The van der Waals surface area contributed by atoms with Crippen LogP contribution in [-0.4, -0.2) is 29.9 Å². The molecule has 0 atom stereocenters. The number of rotatable bonds is 4. The molecule has 112 valence electrons. The quantitative estimate of drug-likeness (QED) is 0.697. The second-order valence-corrected chi connectivity index (χ2v) is 6.40. The Balaban J connectivity index is 2.00. The Morgan fingerprint density at radius 3 is 2.52 bits per heavy atom. The molecule has 1 aromatic carbocycles. The van der Waals surface area contributed by atoms with Crippen molar-refractivity contribution in [1.29, 1.82) is 0 Å². The van der Waals surface area contributed by atoms with Gasteiger partial charge >= 0.3 is 0 Å². The zero-order valence-corrected chi connectivity index (χ0v) is 13.9. The number of hydrogen-bond donors (Lipinski definition) is 1. The summed E-state index contributed by atoms with van der Waals surface area (Å²) in [4.78, 5) is 12.4. The molecule has 1 N–H and O–H groups in total. The first kappa shape index (κ1) is 15.5. The van der Waals surface area contributed by atoms with Crippen LogP contribution >= 0.6 is 11.3 Å². The molecule has 1 heterocycles. The fraction of sp³-hybridized carbons (Fsp3) is 0.375. The van der Waals surface area contributed by atoms with Gasteiger partial charge in [-0.1, -0.05) is 30.3 Å². The van der Waals surface area contributed by atoms with Crippen molar-refractivity contribution in [1.82, 2.24) is 15.2 Å². The third-order valence-corrected chi connectivity index (χ3v) is 4.16. The molecule has 0 fully saturated rings. The highest BCUT2D eigenvalue weighted by Crippen LogP contribution is 2.16. The number of hydrogen-bond acceptors (Lipinski definition) is 3. The largest absolute Gasteiger partial charge is 0.351 e. The summed E-state index contributed by atoms with van der Waals surface area (Å²) in [6.45, 7) is 5.54. The van der Waals surface area contributed by atoms with Crippen molar-refractivity contribution < 1.29 is 0 Å². The van der Waals surface area contributed by atoms with E-state index in [0.717, 1.165) is 23.2 Å². The maximum atomic E-state index is 4.66. The lowest BCUT2D eigenvalue weighted by Gasteiger charge is -2.17. The van der Waals surface area contributed by atoms with E-state index in [1.54, 1.807) is 11.3 Å². The Morgan fingerprint density at radius 2 is 1.95 bits per heavy atom. The molecule has 0 aliphatic heterocycles. The fourth-order valence-electron chi connectivity index (χ4n) is 2.00. The minimum absolute atomic E-state index is 0.683. The predicted octanol–water partition coefficient (Wildman–Crippen LogP) is 2.97. The van der Waals surface area contributed by atoms with Gasteiger partial charge in [-0.2, -0.15) is 0 Å². The van der Waals surface area contributed by atoms with E-state index in [0.29, 0.717) is 6.54 Å². The highest BCUT2D eigenvalue weighted by atomic mass is 32.1. The van der Waals surface area contributed by atoms with Crippen LogP contribution in [0.15, 0.2) is 35.3 Å². The van der Waals surface area contributed by atoms with E-state index in [9.17, 15) is 0 Å². The van der Waals surface area contributed by atoms with Crippen LogP contribution in [-0.2, 0) is 13.1 Å². The van der Waals surface area contributed by atoms with Gasteiger partial charge in [-0.25, -0.2) is 9.98 Å². The average Bonchev–Trinajstić information content (AvgIpc) is 2.77. The van der Waals surface area contributed by atoms with E-state index in [2.05, 4.69) is 34.3 Å². The van der Waals surface area contributed by atoms with Crippen LogP contribution in [0.5, 0.6) is 0 Å². The Hall–Kier alpha value is -1.88. The topological polar surface area (TPSA) is 40.5 Å². The van der Waals surface area contributed by atoms with E-state index in [1.165, 1.54) is 10.4 Å². The molecule has 1 aromatic heterocycles. The lowest BCUT2D eigenvalue weighted by atomic mass is 10.2. The van der Waals surface area contributed by atoms with Crippen molar-refractivity contribution in [3.63, 3.8) is 0 Å². The molecule has 0 saturated heterocycles. The van der Waals surface area contributed by atoms with E-state index in [1.807, 2.05) is 44.1 Å². The van der Waals surface area contributed by atoms with Gasteiger partial charge in [0.25, 0.3) is 0 Å². The Morgan fingerprint density at radius 1 is 1.24 bits per heavy atom. The molecule has 0 spiro atoms. The second-order valence-electron chi connectivity index (χ2n) is 5.11. The molecule has 5 heteroatoms. The van der Waals surface area contributed by atoms with Crippen molar-refractivity contribution in [3.8, 4) is 0 Å². The molecule has 4 nitrogen and oxygen atoms in total. The van der Waals surface area contributed by atoms with Gasteiger partial charge in [0.15, 0.2) is 5.96 Å². The number of aliphatic imine (C=N–C) groups is 1. The monoisotopic (exact) mass is 302 g/mol. The third-order valence-electron chi connectivity index (χ3n) is 3.08. The first-order valence-electron chi connectivity index (χ1n) is 6.98. The van der Waals surface area contributed by atoms with Crippen LogP contribution in [0, 0.1) is 13.8 Å². The SMILES string of the molecule is Cc1nc(C)c(CNC(=NCc2ccccc2)N(C)C)s1. The van der Waals surface area contributed by atoms with E-state index in [4.69, 9.17) is 0 Å². The van der Waals surface area contributed by atoms with Crippen LogP contribution in [0.2, 0.25) is 0 Å². The van der Waals surface area contributed by atoms with Gasteiger partial charge in [-0.15, -0.1) is 11.3 Å². The smallest absolute Gasteiger partial charge is 0.194 e. The first-order chi connectivity index (χ1) is 10.1. The molecule has 0 bridgehead atoms. The van der Waals surface area contributed by atoms with Crippen LogP contribution in [0.25, 0.3) is 0 Å². The van der Waals surface area contributed by atoms with Crippen LogP contribution in [0.1, 0.15) is 21.1 Å². The Labute approximate surface area is 130 Å². The lowest BCUT2D eigenvalue weighted by molar-refractivity contribution is 0.579. The molecular formula is C16H22N4S. The minimum atomic E-state index is 0.683. The van der Waals surface area contributed by atoms with Gasteiger partial charge in [0.2, 0.25) is 0 Å². The van der Waals surface area contributed by atoms with Crippen molar-refractivity contribution in [2.45, 2.75) is 26.9 Å². The number of guanidine groups is 1. The Kier molecular flexibility index (Phi) is 5.33. The highest BCUT2D eigenvalue weighted by Gasteiger charge is 2.07. The summed E-state index contributed by atoms with van der Waals surface area (Å²) < 4.78 is 0. The van der Waals surface area contributed by atoms with Gasteiger partial charge in [0.1, 0.15) is 0 Å². The molecule has 0 aliphatic carbocycles. The Bertz CT molecular complexity index is 602.